The van der Waals surface area contributed by atoms with Gasteiger partial charge >= 0.3 is 6.09 Å². The van der Waals surface area contributed by atoms with Crippen molar-refractivity contribution >= 4 is 29.5 Å². The van der Waals surface area contributed by atoms with E-state index >= 15 is 0 Å². The molecule has 34 heavy (non-hydrogen) atoms. The highest BCUT2D eigenvalue weighted by atomic mass is 35.5. The highest BCUT2D eigenvalue weighted by Crippen LogP contribution is 2.13. The number of amides is 3. The molecule has 0 spiro atoms. The molecule has 0 heterocycles. The number of carbonyl (C=O) groups is 3. The smallest absolute Gasteiger partial charge is 0.408 e. The summed E-state index contributed by atoms with van der Waals surface area (Å²) in [6, 6.07) is 23.4. The van der Waals surface area contributed by atoms with Crippen molar-refractivity contribution in [2.24, 2.45) is 5.73 Å². The van der Waals surface area contributed by atoms with E-state index in [0.717, 1.165) is 16.7 Å². The zero-order valence-corrected chi connectivity index (χ0v) is 19.2. The Labute approximate surface area is 203 Å². The maximum Gasteiger partial charge on any atom is 0.408 e. The Morgan fingerprint density at radius 1 is 0.765 bits per heavy atom. The molecule has 0 aliphatic rings. The zero-order valence-electron chi connectivity index (χ0n) is 18.4. The van der Waals surface area contributed by atoms with Crippen molar-refractivity contribution < 1.29 is 19.1 Å². The van der Waals surface area contributed by atoms with Crippen LogP contribution in [0, 0.1) is 0 Å². The standard InChI is InChI=1S/C26H26ClN3O4/c27-21-13-7-12-20(14-21)16-22(24(28)31)29-25(32)23(15-18-8-3-1-4-9-18)30-26(33)34-17-19-10-5-2-6-11-19/h1-14,22-23H,15-17H2,(H2,28,31)(H,29,32)(H,30,33)/t22-,23+/m0/s1. The topological polar surface area (TPSA) is 111 Å². The second-order valence-corrected chi connectivity index (χ2v) is 8.18. The van der Waals surface area contributed by atoms with Crippen molar-refractivity contribution in [3.8, 4) is 0 Å². The van der Waals surface area contributed by atoms with Crippen LogP contribution in [0.2, 0.25) is 5.02 Å². The fourth-order valence-electron chi connectivity index (χ4n) is 3.36. The number of rotatable bonds is 10. The molecule has 3 amide bonds. The SMILES string of the molecule is NC(=O)[C@H](Cc1cccc(Cl)c1)NC(=O)[C@@H](Cc1ccccc1)NC(=O)OCc1ccccc1. The average Bonchev–Trinajstić information content (AvgIpc) is 2.83. The fraction of sp³-hybridized carbons (Fsp3) is 0.192. The lowest BCUT2D eigenvalue weighted by Crippen LogP contribution is -2.54. The lowest BCUT2D eigenvalue weighted by molar-refractivity contribution is -0.128. The number of nitrogens with one attached hydrogen (secondary N) is 2. The van der Waals surface area contributed by atoms with Crippen LogP contribution in [0.15, 0.2) is 84.9 Å². The van der Waals surface area contributed by atoms with Gasteiger partial charge in [-0.2, -0.15) is 0 Å². The van der Waals surface area contributed by atoms with Crippen LogP contribution >= 0.6 is 11.6 Å². The van der Waals surface area contributed by atoms with Crippen molar-refractivity contribution in [1.82, 2.24) is 10.6 Å². The molecule has 176 valence electrons. The highest BCUT2D eigenvalue weighted by Gasteiger charge is 2.26. The van der Waals surface area contributed by atoms with Gasteiger partial charge in [0.25, 0.3) is 0 Å². The van der Waals surface area contributed by atoms with Gasteiger partial charge in [0.1, 0.15) is 18.7 Å². The summed E-state index contributed by atoms with van der Waals surface area (Å²) in [5.41, 5.74) is 7.93. The number of hydrogen-bond donors (Lipinski definition) is 3. The Morgan fingerprint density at radius 2 is 1.35 bits per heavy atom. The van der Waals surface area contributed by atoms with E-state index in [-0.39, 0.29) is 19.4 Å². The molecule has 4 N–H and O–H groups in total. The summed E-state index contributed by atoms with van der Waals surface area (Å²) in [5, 5.41) is 5.77. The molecule has 0 aromatic heterocycles. The van der Waals surface area contributed by atoms with Gasteiger partial charge < -0.3 is 21.1 Å². The number of primary amides is 1. The summed E-state index contributed by atoms with van der Waals surface area (Å²) < 4.78 is 5.27. The summed E-state index contributed by atoms with van der Waals surface area (Å²) in [6.45, 7) is 0.0605. The van der Waals surface area contributed by atoms with Gasteiger partial charge in [0.05, 0.1) is 0 Å². The summed E-state index contributed by atoms with van der Waals surface area (Å²) >= 11 is 6.02. The Balaban J connectivity index is 1.69. The summed E-state index contributed by atoms with van der Waals surface area (Å²) in [6.07, 6.45) is -0.376. The van der Waals surface area contributed by atoms with Crippen LogP contribution in [-0.2, 0) is 33.8 Å². The number of carbonyl (C=O) groups excluding carboxylic acids is 3. The Hall–Kier alpha value is -3.84. The van der Waals surface area contributed by atoms with Gasteiger partial charge in [-0.1, -0.05) is 84.4 Å². The minimum atomic E-state index is -0.980. The Morgan fingerprint density at radius 3 is 1.97 bits per heavy atom. The van der Waals surface area contributed by atoms with E-state index in [1.807, 2.05) is 60.7 Å². The van der Waals surface area contributed by atoms with Crippen molar-refractivity contribution in [3.05, 3.63) is 107 Å². The van der Waals surface area contributed by atoms with Gasteiger partial charge in [-0.15, -0.1) is 0 Å². The molecule has 0 bridgehead atoms. The van der Waals surface area contributed by atoms with Gasteiger partial charge in [0, 0.05) is 17.9 Å². The first-order chi connectivity index (χ1) is 16.4. The third-order valence-corrected chi connectivity index (χ3v) is 5.33. The minimum Gasteiger partial charge on any atom is -0.445 e. The summed E-state index contributed by atoms with van der Waals surface area (Å²) in [5.74, 6) is -1.25. The van der Waals surface area contributed by atoms with E-state index in [4.69, 9.17) is 22.1 Å². The van der Waals surface area contributed by atoms with Crippen LogP contribution in [0.4, 0.5) is 4.79 Å². The van der Waals surface area contributed by atoms with E-state index in [1.54, 1.807) is 24.3 Å². The average molecular weight is 480 g/mol. The molecule has 2 atom stereocenters. The van der Waals surface area contributed by atoms with Crippen molar-refractivity contribution in [1.29, 1.82) is 0 Å². The fourth-order valence-corrected chi connectivity index (χ4v) is 3.57. The lowest BCUT2D eigenvalue weighted by atomic mass is 10.0. The quantitative estimate of drug-likeness (QED) is 0.414. The van der Waals surface area contributed by atoms with E-state index in [2.05, 4.69) is 10.6 Å². The first-order valence-electron chi connectivity index (χ1n) is 10.8. The van der Waals surface area contributed by atoms with Crippen LogP contribution in [-0.4, -0.2) is 30.0 Å². The van der Waals surface area contributed by atoms with Crippen molar-refractivity contribution in [2.75, 3.05) is 0 Å². The molecule has 0 aliphatic carbocycles. The van der Waals surface area contributed by atoms with E-state index in [1.165, 1.54) is 0 Å². The number of ether oxygens (including phenoxy) is 1. The molecule has 7 nitrogen and oxygen atoms in total. The molecular weight excluding hydrogens is 454 g/mol. The first kappa shape index (κ1) is 24.8. The molecule has 8 heteroatoms. The van der Waals surface area contributed by atoms with Crippen LogP contribution < -0.4 is 16.4 Å². The maximum absolute atomic E-state index is 13.1. The largest absolute Gasteiger partial charge is 0.445 e. The zero-order chi connectivity index (χ0) is 24.3. The lowest BCUT2D eigenvalue weighted by Gasteiger charge is -2.22. The second kappa shape index (κ2) is 12.4. The second-order valence-electron chi connectivity index (χ2n) is 7.75. The molecule has 3 aromatic rings. The first-order valence-corrected chi connectivity index (χ1v) is 11.1. The van der Waals surface area contributed by atoms with Crippen LogP contribution in [0.1, 0.15) is 16.7 Å². The van der Waals surface area contributed by atoms with Crippen LogP contribution in [0.5, 0.6) is 0 Å². The summed E-state index contributed by atoms with van der Waals surface area (Å²) in [7, 11) is 0. The van der Waals surface area contributed by atoms with Crippen LogP contribution in [0.3, 0.4) is 0 Å². The molecule has 0 saturated carbocycles. The number of alkyl carbamates (subject to hydrolysis) is 1. The predicted octanol–water partition coefficient (Wildman–Crippen LogP) is 3.39. The molecule has 3 rings (SSSR count). The Bertz CT molecular complexity index is 1110. The van der Waals surface area contributed by atoms with E-state index in [9.17, 15) is 14.4 Å². The third kappa shape index (κ3) is 7.94. The van der Waals surface area contributed by atoms with Crippen molar-refractivity contribution in [3.63, 3.8) is 0 Å². The molecule has 0 saturated heterocycles. The van der Waals surface area contributed by atoms with E-state index < -0.39 is 30.0 Å². The highest BCUT2D eigenvalue weighted by molar-refractivity contribution is 6.30. The Kier molecular flexibility index (Phi) is 9.05. The molecule has 0 radical (unpaired) electrons. The predicted molar refractivity (Wildman–Crippen MR) is 130 cm³/mol. The molecule has 0 aliphatic heterocycles. The van der Waals surface area contributed by atoms with Gasteiger partial charge in [-0.3, -0.25) is 9.59 Å². The number of hydrogen-bond acceptors (Lipinski definition) is 4. The number of nitrogens with two attached hydrogens (primary N) is 1. The molecular formula is C26H26ClN3O4. The van der Waals surface area contributed by atoms with Gasteiger partial charge in [0.15, 0.2) is 0 Å². The van der Waals surface area contributed by atoms with Gasteiger partial charge in [-0.25, -0.2) is 4.79 Å². The maximum atomic E-state index is 13.1. The minimum absolute atomic E-state index is 0.0605. The monoisotopic (exact) mass is 479 g/mol. The van der Waals surface area contributed by atoms with Crippen LogP contribution in [0.25, 0.3) is 0 Å². The third-order valence-electron chi connectivity index (χ3n) is 5.09. The summed E-state index contributed by atoms with van der Waals surface area (Å²) in [4.78, 5) is 37.6. The number of halogens is 1. The normalized spacial score (nSPS) is 12.3. The van der Waals surface area contributed by atoms with Gasteiger partial charge in [-0.05, 0) is 28.8 Å². The molecule has 3 aromatic carbocycles. The van der Waals surface area contributed by atoms with Crippen molar-refractivity contribution in [2.45, 2.75) is 31.5 Å². The molecule has 0 unspecified atom stereocenters. The number of benzene rings is 3. The van der Waals surface area contributed by atoms with E-state index in [0.29, 0.717) is 5.02 Å². The molecule has 0 fully saturated rings. The van der Waals surface area contributed by atoms with Gasteiger partial charge in [0.2, 0.25) is 11.8 Å².